The number of methoxy groups -OCH3 is 1. The maximum absolute atomic E-state index is 12.1. The van der Waals surface area contributed by atoms with Gasteiger partial charge in [0.1, 0.15) is 11.8 Å². The van der Waals surface area contributed by atoms with Crippen molar-refractivity contribution >= 4 is 24.2 Å². The molecule has 1 unspecified atom stereocenters. The number of hydrogen-bond donors (Lipinski definition) is 3. The summed E-state index contributed by atoms with van der Waals surface area (Å²) in [6.45, 7) is 2.60. The third kappa shape index (κ3) is 6.06. The molecule has 2 aromatic carbocycles. The number of aryl methyl sites for hydroxylation is 1. The van der Waals surface area contributed by atoms with Crippen molar-refractivity contribution in [3.8, 4) is 5.75 Å². The molecule has 4 N–H and O–H groups in total. The predicted octanol–water partition coefficient (Wildman–Crippen LogP) is 1.97. The minimum Gasteiger partial charge on any atom is -0.497 e. The zero-order valence-corrected chi connectivity index (χ0v) is 15.6. The normalized spacial score (nSPS) is 11.0. The fraction of sp³-hybridized carbons (Fsp3) is 0.263. The van der Waals surface area contributed by atoms with Crippen molar-refractivity contribution in [3.63, 3.8) is 0 Å². The predicted molar refractivity (Wildman–Crippen MR) is 104 cm³/mol. The standard InChI is InChI=1S/C19H23N3O3.ClH/c1-13-3-5-14(6-4-13)17(20)19(24)22-12-11-21-18(23)15-7-9-16(25-2)10-8-15;/h3-10,17H,11-12,20H2,1-2H3,(H,21,23)(H,22,24);1H. The number of rotatable bonds is 7. The molecule has 0 fully saturated rings. The van der Waals surface area contributed by atoms with Crippen LogP contribution in [0.3, 0.4) is 0 Å². The lowest BCUT2D eigenvalue weighted by Gasteiger charge is -2.13. The van der Waals surface area contributed by atoms with Crippen molar-refractivity contribution in [2.45, 2.75) is 13.0 Å². The highest BCUT2D eigenvalue weighted by Crippen LogP contribution is 2.12. The summed E-state index contributed by atoms with van der Waals surface area (Å²) in [6, 6.07) is 13.6. The summed E-state index contributed by atoms with van der Waals surface area (Å²) in [5.41, 5.74) is 8.33. The van der Waals surface area contributed by atoms with Gasteiger partial charge in [0.25, 0.3) is 5.91 Å². The number of nitrogens with one attached hydrogen (secondary N) is 2. The third-order valence-corrected chi connectivity index (χ3v) is 3.78. The number of ether oxygens (including phenoxy) is 1. The Labute approximate surface area is 159 Å². The van der Waals surface area contributed by atoms with Gasteiger partial charge in [-0.25, -0.2) is 0 Å². The molecule has 0 aliphatic rings. The number of nitrogens with two attached hydrogens (primary N) is 1. The van der Waals surface area contributed by atoms with Gasteiger partial charge in [-0.05, 0) is 36.8 Å². The molecule has 140 valence electrons. The quantitative estimate of drug-likeness (QED) is 0.643. The molecule has 0 radical (unpaired) electrons. The van der Waals surface area contributed by atoms with Crippen molar-refractivity contribution in [3.05, 3.63) is 65.2 Å². The molecule has 6 nitrogen and oxygen atoms in total. The second-order valence-electron chi connectivity index (χ2n) is 5.66. The van der Waals surface area contributed by atoms with Gasteiger partial charge in [-0.15, -0.1) is 12.4 Å². The zero-order chi connectivity index (χ0) is 18.2. The highest BCUT2D eigenvalue weighted by atomic mass is 35.5. The van der Waals surface area contributed by atoms with E-state index in [9.17, 15) is 9.59 Å². The Hall–Kier alpha value is -2.57. The molecule has 0 saturated carbocycles. The van der Waals surface area contributed by atoms with Crippen molar-refractivity contribution in [1.82, 2.24) is 10.6 Å². The number of benzene rings is 2. The molecule has 2 rings (SSSR count). The summed E-state index contributed by atoms with van der Waals surface area (Å²) in [5, 5.41) is 5.46. The van der Waals surface area contributed by atoms with Crippen LogP contribution >= 0.6 is 12.4 Å². The highest BCUT2D eigenvalue weighted by Gasteiger charge is 2.15. The van der Waals surface area contributed by atoms with Gasteiger partial charge >= 0.3 is 0 Å². The molecule has 0 spiro atoms. The van der Waals surface area contributed by atoms with Gasteiger partial charge in [-0.2, -0.15) is 0 Å². The summed E-state index contributed by atoms with van der Waals surface area (Å²) < 4.78 is 5.05. The van der Waals surface area contributed by atoms with Gasteiger partial charge in [0.05, 0.1) is 7.11 Å². The molecule has 7 heteroatoms. The third-order valence-electron chi connectivity index (χ3n) is 3.78. The molecule has 0 bridgehead atoms. The Morgan fingerprint density at radius 2 is 1.58 bits per heavy atom. The molecule has 0 aliphatic carbocycles. The monoisotopic (exact) mass is 377 g/mol. The molecule has 2 amide bonds. The minimum absolute atomic E-state index is 0. The summed E-state index contributed by atoms with van der Waals surface area (Å²) in [7, 11) is 1.57. The van der Waals surface area contributed by atoms with E-state index in [0.29, 0.717) is 24.4 Å². The van der Waals surface area contributed by atoms with Crippen LogP contribution in [0.25, 0.3) is 0 Å². The molecule has 2 aromatic rings. The Morgan fingerprint density at radius 1 is 1.00 bits per heavy atom. The molecule has 1 atom stereocenters. The number of carbonyl (C=O) groups excluding carboxylic acids is 2. The van der Waals surface area contributed by atoms with Gasteiger partial charge < -0.3 is 21.1 Å². The average Bonchev–Trinajstić information content (AvgIpc) is 2.65. The Balaban J connectivity index is 0.00000338. The van der Waals surface area contributed by atoms with E-state index in [-0.39, 0.29) is 24.2 Å². The number of halogens is 1. The molecule has 0 heterocycles. The SMILES string of the molecule is COc1ccc(C(=O)NCCNC(=O)C(N)c2ccc(C)cc2)cc1.Cl. The summed E-state index contributed by atoms with van der Waals surface area (Å²) in [5.74, 6) is 0.205. The largest absolute Gasteiger partial charge is 0.497 e. The van der Waals surface area contributed by atoms with Crippen molar-refractivity contribution in [1.29, 1.82) is 0 Å². The smallest absolute Gasteiger partial charge is 0.251 e. The first-order valence-electron chi connectivity index (χ1n) is 8.03. The van der Waals surface area contributed by atoms with E-state index < -0.39 is 6.04 Å². The lowest BCUT2D eigenvalue weighted by molar-refractivity contribution is -0.122. The molecule has 0 saturated heterocycles. The highest BCUT2D eigenvalue weighted by molar-refractivity contribution is 5.94. The lowest BCUT2D eigenvalue weighted by Crippen LogP contribution is -2.39. The number of amides is 2. The van der Waals surface area contributed by atoms with E-state index in [2.05, 4.69) is 10.6 Å². The van der Waals surface area contributed by atoms with Crippen LogP contribution in [0.5, 0.6) is 5.75 Å². The van der Waals surface area contributed by atoms with Crippen molar-refractivity contribution in [2.24, 2.45) is 5.73 Å². The van der Waals surface area contributed by atoms with E-state index in [1.54, 1.807) is 31.4 Å². The fourth-order valence-electron chi connectivity index (χ4n) is 2.24. The van der Waals surface area contributed by atoms with Crippen molar-refractivity contribution < 1.29 is 14.3 Å². The number of carbonyl (C=O) groups is 2. The van der Waals surface area contributed by atoms with Crippen LogP contribution in [0.4, 0.5) is 0 Å². The lowest BCUT2D eigenvalue weighted by atomic mass is 10.1. The van der Waals surface area contributed by atoms with Gasteiger partial charge in [0.2, 0.25) is 5.91 Å². The molecular weight excluding hydrogens is 354 g/mol. The summed E-state index contributed by atoms with van der Waals surface area (Å²) >= 11 is 0. The van der Waals surface area contributed by atoms with Crippen LogP contribution in [-0.4, -0.2) is 32.0 Å². The Kier molecular flexibility index (Phi) is 8.61. The fourth-order valence-corrected chi connectivity index (χ4v) is 2.24. The second-order valence-corrected chi connectivity index (χ2v) is 5.66. The van der Waals surface area contributed by atoms with Gasteiger partial charge in [-0.3, -0.25) is 9.59 Å². The molecule has 26 heavy (non-hydrogen) atoms. The van der Waals surface area contributed by atoms with Crippen LogP contribution in [0.2, 0.25) is 0 Å². The summed E-state index contributed by atoms with van der Waals surface area (Å²) in [4.78, 5) is 24.0. The van der Waals surface area contributed by atoms with E-state index in [1.165, 1.54) is 0 Å². The molecule has 0 aromatic heterocycles. The van der Waals surface area contributed by atoms with Crippen LogP contribution in [0.1, 0.15) is 27.5 Å². The first-order valence-corrected chi connectivity index (χ1v) is 8.03. The van der Waals surface area contributed by atoms with E-state index in [4.69, 9.17) is 10.5 Å². The Morgan fingerprint density at radius 3 is 2.15 bits per heavy atom. The summed E-state index contributed by atoms with van der Waals surface area (Å²) in [6.07, 6.45) is 0. The first kappa shape index (κ1) is 21.5. The first-order chi connectivity index (χ1) is 12.0. The number of hydrogen-bond acceptors (Lipinski definition) is 4. The van der Waals surface area contributed by atoms with E-state index in [1.807, 2.05) is 31.2 Å². The van der Waals surface area contributed by atoms with Gasteiger partial charge in [0, 0.05) is 18.7 Å². The second kappa shape index (κ2) is 10.4. The maximum Gasteiger partial charge on any atom is 0.251 e. The van der Waals surface area contributed by atoms with E-state index in [0.717, 1.165) is 11.1 Å². The van der Waals surface area contributed by atoms with Crippen LogP contribution in [-0.2, 0) is 4.79 Å². The van der Waals surface area contributed by atoms with Gasteiger partial charge in [0.15, 0.2) is 0 Å². The molecular formula is C19H24ClN3O3. The Bertz CT molecular complexity index is 718. The van der Waals surface area contributed by atoms with E-state index >= 15 is 0 Å². The van der Waals surface area contributed by atoms with Crippen LogP contribution in [0.15, 0.2) is 48.5 Å². The van der Waals surface area contributed by atoms with Crippen molar-refractivity contribution in [2.75, 3.05) is 20.2 Å². The average molecular weight is 378 g/mol. The molecule has 0 aliphatic heterocycles. The minimum atomic E-state index is -0.724. The maximum atomic E-state index is 12.1. The van der Waals surface area contributed by atoms with Crippen LogP contribution < -0.4 is 21.1 Å². The van der Waals surface area contributed by atoms with Crippen LogP contribution in [0, 0.1) is 6.92 Å². The zero-order valence-electron chi connectivity index (χ0n) is 14.8. The van der Waals surface area contributed by atoms with Gasteiger partial charge in [-0.1, -0.05) is 29.8 Å². The topological polar surface area (TPSA) is 93.5 Å².